The van der Waals surface area contributed by atoms with Crippen molar-refractivity contribution >= 4 is 0 Å². The smallest absolute Gasteiger partial charge is 0.0135 e. The number of hydrogen-bond acceptors (Lipinski definition) is 1. The molecule has 0 spiro atoms. The van der Waals surface area contributed by atoms with Crippen LogP contribution in [-0.4, -0.2) is 13.1 Å². The molecule has 10 heavy (non-hydrogen) atoms. The Labute approximate surface area is 63.8 Å². The van der Waals surface area contributed by atoms with E-state index in [0.29, 0.717) is 6.04 Å². The van der Waals surface area contributed by atoms with Crippen molar-refractivity contribution in [1.29, 1.82) is 0 Å². The summed E-state index contributed by atoms with van der Waals surface area (Å²) in [5.74, 6) is 0. The quantitative estimate of drug-likeness (QED) is 0.575. The molecule has 1 unspecified atom stereocenters. The molecule has 1 N–H and O–H groups in total. The molecule has 0 bridgehead atoms. The molecule has 0 aromatic rings. The number of hydrogen-bond donors (Lipinski definition) is 1. The van der Waals surface area contributed by atoms with Crippen LogP contribution in [0.15, 0.2) is 24.8 Å². The second-order valence-corrected chi connectivity index (χ2v) is 2.67. The Morgan fingerprint density at radius 3 is 2.60 bits per heavy atom. The first-order valence-corrected chi connectivity index (χ1v) is 3.63. The van der Waals surface area contributed by atoms with Crippen LogP contribution in [-0.2, 0) is 0 Å². The molecule has 58 valence electrons. The van der Waals surface area contributed by atoms with Gasteiger partial charge < -0.3 is 5.32 Å². The molecule has 0 aliphatic heterocycles. The normalized spacial score (nSPS) is 12.6. The predicted molar refractivity (Wildman–Crippen MR) is 47.1 cm³/mol. The van der Waals surface area contributed by atoms with Gasteiger partial charge in [-0.25, -0.2) is 0 Å². The maximum absolute atomic E-state index is 3.85. The Morgan fingerprint density at radius 2 is 2.30 bits per heavy atom. The van der Waals surface area contributed by atoms with E-state index in [2.05, 4.69) is 18.5 Å². The van der Waals surface area contributed by atoms with Crippen molar-refractivity contribution in [2.45, 2.75) is 25.8 Å². The van der Waals surface area contributed by atoms with Crippen LogP contribution in [0.4, 0.5) is 0 Å². The lowest BCUT2D eigenvalue weighted by molar-refractivity contribution is 0.564. The average molecular weight is 139 g/mol. The first kappa shape index (κ1) is 9.44. The molecule has 0 rings (SSSR count). The molecule has 1 nitrogen and oxygen atoms in total. The van der Waals surface area contributed by atoms with Crippen LogP contribution < -0.4 is 5.32 Å². The number of rotatable bonds is 5. The molecule has 1 atom stereocenters. The average Bonchev–Trinajstić information content (AvgIpc) is 1.86. The lowest BCUT2D eigenvalue weighted by atomic mass is 10.1. The predicted octanol–water partition coefficient (Wildman–Crippen LogP) is 2.12. The summed E-state index contributed by atoms with van der Waals surface area (Å²) in [6.45, 7) is 9.59. The fourth-order valence-corrected chi connectivity index (χ4v) is 0.925. The topological polar surface area (TPSA) is 12.0 Å². The largest absolute Gasteiger partial charge is 0.316 e. The van der Waals surface area contributed by atoms with Gasteiger partial charge in [-0.3, -0.25) is 0 Å². The summed E-state index contributed by atoms with van der Waals surface area (Å²) in [4.78, 5) is 0. The zero-order chi connectivity index (χ0) is 7.98. The van der Waals surface area contributed by atoms with Crippen molar-refractivity contribution in [3.8, 4) is 0 Å². The van der Waals surface area contributed by atoms with E-state index in [1.807, 2.05) is 20.0 Å². The molecule has 0 fully saturated rings. The van der Waals surface area contributed by atoms with Gasteiger partial charge in [-0.05, 0) is 26.8 Å². The summed E-state index contributed by atoms with van der Waals surface area (Å²) >= 11 is 0. The highest BCUT2D eigenvalue weighted by Gasteiger charge is 2.01. The Hall–Kier alpha value is -0.560. The van der Waals surface area contributed by atoms with E-state index >= 15 is 0 Å². The molecule has 0 aromatic carbocycles. The van der Waals surface area contributed by atoms with Crippen molar-refractivity contribution in [3.63, 3.8) is 0 Å². The Kier molecular flexibility index (Phi) is 4.95. The van der Waals surface area contributed by atoms with Gasteiger partial charge in [-0.15, -0.1) is 13.2 Å². The third kappa shape index (κ3) is 4.33. The zero-order valence-electron chi connectivity index (χ0n) is 6.98. The fourth-order valence-electron chi connectivity index (χ4n) is 0.925. The maximum atomic E-state index is 3.85. The van der Waals surface area contributed by atoms with Crippen molar-refractivity contribution in [2.24, 2.45) is 0 Å². The Balaban J connectivity index is 3.59. The zero-order valence-corrected chi connectivity index (χ0v) is 6.98. The van der Waals surface area contributed by atoms with Gasteiger partial charge in [0, 0.05) is 6.04 Å². The summed E-state index contributed by atoms with van der Waals surface area (Å²) in [5.41, 5.74) is 1.22. The van der Waals surface area contributed by atoms with Crippen molar-refractivity contribution in [1.82, 2.24) is 5.32 Å². The molecule has 0 aromatic heterocycles. The van der Waals surface area contributed by atoms with Gasteiger partial charge in [-0.1, -0.05) is 11.6 Å². The van der Waals surface area contributed by atoms with Gasteiger partial charge in [-0.2, -0.15) is 0 Å². The van der Waals surface area contributed by atoms with Crippen LogP contribution in [0.2, 0.25) is 0 Å². The molecule has 0 radical (unpaired) electrons. The molecule has 0 aliphatic rings. The minimum Gasteiger partial charge on any atom is -0.316 e. The monoisotopic (exact) mass is 139 g/mol. The standard InChI is InChI=1S/C9H17N/c1-5-6-9(10-4)7-8(2)3/h5,9-10H,1-2,6-7H2,3-4H3. The van der Waals surface area contributed by atoms with E-state index in [1.54, 1.807) is 0 Å². The molecule has 0 saturated carbocycles. The van der Waals surface area contributed by atoms with Gasteiger partial charge in [0.15, 0.2) is 0 Å². The minimum atomic E-state index is 0.523. The van der Waals surface area contributed by atoms with E-state index in [4.69, 9.17) is 0 Å². The summed E-state index contributed by atoms with van der Waals surface area (Å²) in [6.07, 6.45) is 4.00. The highest BCUT2D eigenvalue weighted by Crippen LogP contribution is 2.04. The lowest BCUT2D eigenvalue weighted by Crippen LogP contribution is -2.24. The van der Waals surface area contributed by atoms with E-state index in [9.17, 15) is 0 Å². The summed E-state index contributed by atoms with van der Waals surface area (Å²) in [7, 11) is 1.97. The van der Waals surface area contributed by atoms with Gasteiger partial charge >= 0.3 is 0 Å². The minimum absolute atomic E-state index is 0.523. The van der Waals surface area contributed by atoms with Crippen LogP contribution in [0.1, 0.15) is 19.8 Å². The van der Waals surface area contributed by atoms with Crippen LogP contribution in [0, 0.1) is 0 Å². The molecular weight excluding hydrogens is 122 g/mol. The third-order valence-corrected chi connectivity index (χ3v) is 1.45. The van der Waals surface area contributed by atoms with Gasteiger partial charge in [0.2, 0.25) is 0 Å². The third-order valence-electron chi connectivity index (χ3n) is 1.45. The maximum Gasteiger partial charge on any atom is 0.0135 e. The van der Waals surface area contributed by atoms with E-state index < -0.39 is 0 Å². The van der Waals surface area contributed by atoms with Gasteiger partial charge in [0.25, 0.3) is 0 Å². The first-order valence-electron chi connectivity index (χ1n) is 3.63. The second kappa shape index (κ2) is 5.24. The van der Waals surface area contributed by atoms with Crippen molar-refractivity contribution in [3.05, 3.63) is 24.8 Å². The highest BCUT2D eigenvalue weighted by atomic mass is 14.9. The molecular formula is C9H17N. The van der Waals surface area contributed by atoms with Crippen molar-refractivity contribution < 1.29 is 0 Å². The molecule has 0 aliphatic carbocycles. The summed E-state index contributed by atoms with van der Waals surface area (Å²) in [5, 5.41) is 3.20. The summed E-state index contributed by atoms with van der Waals surface area (Å²) < 4.78 is 0. The van der Waals surface area contributed by atoms with Crippen LogP contribution in [0.3, 0.4) is 0 Å². The van der Waals surface area contributed by atoms with Crippen LogP contribution >= 0.6 is 0 Å². The molecule has 0 heterocycles. The second-order valence-electron chi connectivity index (χ2n) is 2.67. The van der Waals surface area contributed by atoms with Crippen LogP contribution in [0.5, 0.6) is 0 Å². The first-order chi connectivity index (χ1) is 4.70. The molecule has 1 heteroatoms. The highest BCUT2D eigenvalue weighted by molar-refractivity contribution is 4.94. The number of nitrogens with one attached hydrogen (secondary N) is 1. The summed E-state index contributed by atoms with van der Waals surface area (Å²) in [6, 6.07) is 0.523. The lowest BCUT2D eigenvalue weighted by Gasteiger charge is -2.12. The van der Waals surface area contributed by atoms with Crippen LogP contribution in [0.25, 0.3) is 0 Å². The van der Waals surface area contributed by atoms with Gasteiger partial charge in [0.1, 0.15) is 0 Å². The van der Waals surface area contributed by atoms with Gasteiger partial charge in [0.05, 0.1) is 0 Å². The Morgan fingerprint density at radius 1 is 1.70 bits per heavy atom. The van der Waals surface area contributed by atoms with E-state index in [-0.39, 0.29) is 0 Å². The molecule has 0 saturated heterocycles. The molecule has 0 amide bonds. The van der Waals surface area contributed by atoms with E-state index in [1.165, 1.54) is 5.57 Å². The SMILES string of the molecule is C=CCC(CC(=C)C)NC. The Bertz CT molecular complexity index is 116. The fraction of sp³-hybridized carbons (Fsp3) is 0.556. The van der Waals surface area contributed by atoms with Crippen molar-refractivity contribution in [2.75, 3.05) is 7.05 Å². The van der Waals surface area contributed by atoms with E-state index in [0.717, 1.165) is 12.8 Å².